The van der Waals surface area contributed by atoms with E-state index in [0.717, 1.165) is 24.8 Å². The van der Waals surface area contributed by atoms with Crippen molar-refractivity contribution >= 4 is 14.0 Å². The molecule has 4 nitrogen and oxygen atoms in total. The highest BCUT2D eigenvalue weighted by Crippen LogP contribution is 2.66. The third-order valence-corrected chi connectivity index (χ3v) is 16.3. The molecule has 214 valence electrons. The van der Waals surface area contributed by atoms with E-state index in [1.807, 2.05) is 6.07 Å². The Bertz CT molecular complexity index is 1010. The topological polar surface area (TPSA) is 40.0 Å². The first kappa shape index (κ1) is 29.8. The molecule has 0 spiro atoms. The molecule has 1 aliphatic heterocycles. The summed E-state index contributed by atoms with van der Waals surface area (Å²) in [5, 5.41) is 4.96. The minimum Gasteiger partial charge on any atom is -0.409 e. The van der Waals surface area contributed by atoms with Crippen LogP contribution in [0.15, 0.2) is 35.5 Å². The van der Waals surface area contributed by atoms with Gasteiger partial charge in [0.2, 0.25) is 0 Å². The summed E-state index contributed by atoms with van der Waals surface area (Å²) in [6, 6.07) is 10.3. The van der Waals surface area contributed by atoms with Gasteiger partial charge in [0, 0.05) is 5.41 Å². The van der Waals surface area contributed by atoms with Gasteiger partial charge in [-0.2, -0.15) is 0 Å². The number of nitrogens with zero attached hydrogens (tertiary/aromatic N) is 1. The Kier molecular flexibility index (Phi) is 7.86. The predicted molar refractivity (Wildman–Crippen MR) is 161 cm³/mol. The number of hydrogen-bond acceptors (Lipinski definition) is 4. The Morgan fingerprint density at radius 1 is 0.947 bits per heavy atom. The second-order valence-corrected chi connectivity index (χ2v) is 20.3. The molecule has 0 bridgehead atoms. The van der Waals surface area contributed by atoms with Crippen LogP contribution in [-0.2, 0) is 20.6 Å². The van der Waals surface area contributed by atoms with Crippen molar-refractivity contribution in [3.05, 3.63) is 35.9 Å². The number of rotatable bonds is 6. The van der Waals surface area contributed by atoms with E-state index in [-0.39, 0.29) is 33.0 Å². The van der Waals surface area contributed by atoms with Crippen molar-refractivity contribution < 1.29 is 14.0 Å². The summed E-state index contributed by atoms with van der Waals surface area (Å²) in [6.07, 6.45) is 7.18. The molecule has 1 heterocycles. The summed E-state index contributed by atoms with van der Waals surface area (Å²) in [5.74, 6) is 0.613. The molecule has 3 aliphatic rings. The summed E-state index contributed by atoms with van der Waals surface area (Å²) in [6.45, 7) is 26.7. The molecule has 0 N–H and O–H groups in total. The Morgan fingerprint density at radius 3 is 2.24 bits per heavy atom. The van der Waals surface area contributed by atoms with Gasteiger partial charge in [0.25, 0.3) is 0 Å². The van der Waals surface area contributed by atoms with Gasteiger partial charge in [-0.25, -0.2) is 0 Å². The maximum Gasteiger partial charge on any atom is 0.192 e. The number of fused-ring (bicyclic) bond motifs is 3. The third-order valence-electron chi connectivity index (χ3n) is 11.7. The van der Waals surface area contributed by atoms with Crippen LogP contribution in [0.4, 0.5) is 0 Å². The van der Waals surface area contributed by atoms with Crippen LogP contribution in [0.25, 0.3) is 0 Å². The van der Waals surface area contributed by atoms with Crippen LogP contribution < -0.4 is 0 Å². The normalized spacial score (nSPS) is 34.9. The van der Waals surface area contributed by atoms with Crippen LogP contribution in [0.5, 0.6) is 0 Å². The maximum atomic E-state index is 7.06. The van der Waals surface area contributed by atoms with Gasteiger partial charge in [-0.3, -0.25) is 0 Å². The van der Waals surface area contributed by atoms with Crippen LogP contribution in [0.3, 0.4) is 0 Å². The third kappa shape index (κ3) is 5.17. The summed E-state index contributed by atoms with van der Waals surface area (Å²) in [7, 11) is -1.89. The smallest absolute Gasteiger partial charge is 0.192 e. The highest BCUT2D eigenvalue weighted by Gasteiger charge is 2.63. The molecule has 1 saturated heterocycles. The van der Waals surface area contributed by atoms with E-state index < -0.39 is 8.32 Å². The van der Waals surface area contributed by atoms with Gasteiger partial charge < -0.3 is 14.0 Å². The second kappa shape index (κ2) is 10.0. The van der Waals surface area contributed by atoms with Gasteiger partial charge in [-0.05, 0) is 92.8 Å². The monoisotopic (exact) mass is 541 g/mol. The van der Waals surface area contributed by atoms with Crippen molar-refractivity contribution in [1.29, 1.82) is 0 Å². The largest absolute Gasteiger partial charge is 0.409 e. The van der Waals surface area contributed by atoms with Crippen molar-refractivity contribution in [2.45, 2.75) is 143 Å². The Labute approximate surface area is 234 Å². The lowest BCUT2D eigenvalue weighted by Crippen LogP contribution is -2.64. The number of oxime groups is 1. The van der Waals surface area contributed by atoms with Crippen LogP contribution in [0, 0.1) is 22.2 Å². The average Bonchev–Trinajstić information content (AvgIpc) is 2.80. The Hall–Kier alpha value is -1.17. The fourth-order valence-electron chi connectivity index (χ4n) is 7.78. The van der Waals surface area contributed by atoms with Crippen molar-refractivity contribution in [3.63, 3.8) is 0 Å². The van der Waals surface area contributed by atoms with Crippen molar-refractivity contribution in [2.24, 2.45) is 27.3 Å². The number of hydrogen-bond donors (Lipinski definition) is 0. The summed E-state index contributed by atoms with van der Waals surface area (Å²) in [4.78, 5) is 5.92. The molecule has 3 fully saturated rings. The molecule has 5 unspecified atom stereocenters. The van der Waals surface area contributed by atoms with Crippen molar-refractivity contribution in [1.82, 2.24) is 0 Å². The van der Waals surface area contributed by atoms with Gasteiger partial charge in [0.05, 0.1) is 23.5 Å². The number of benzene rings is 1. The summed E-state index contributed by atoms with van der Waals surface area (Å²) >= 11 is 0. The Morgan fingerprint density at radius 2 is 1.61 bits per heavy atom. The van der Waals surface area contributed by atoms with Crippen molar-refractivity contribution in [3.8, 4) is 0 Å². The van der Waals surface area contributed by atoms with Crippen LogP contribution in [-0.4, -0.2) is 31.8 Å². The zero-order valence-corrected chi connectivity index (χ0v) is 27.2. The Balaban J connectivity index is 1.48. The molecule has 1 aromatic carbocycles. The molecule has 5 atom stereocenters. The zero-order chi connectivity index (χ0) is 28.2. The molecule has 38 heavy (non-hydrogen) atoms. The molecule has 1 aromatic rings. The van der Waals surface area contributed by atoms with E-state index in [2.05, 4.69) is 99.7 Å². The highest BCUT2D eigenvalue weighted by molar-refractivity contribution is 6.74. The van der Waals surface area contributed by atoms with E-state index in [9.17, 15) is 0 Å². The first-order chi connectivity index (χ1) is 17.4. The molecule has 0 radical (unpaired) electrons. The van der Waals surface area contributed by atoms with E-state index in [1.54, 1.807) is 0 Å². The van der Waals surface area contributed by atoms with Gasteiger partial charge in [-0.15, -0.1) is 0 Å². The van der Waals surface area contributed by atoms with Crippen LogP contribution >= 0.6 is 0 Å². The molecule has 5 heteroatoms. The zero-order valence-electron chi connectivity index (χ0n) is 26.2. The lowest BCUT2D eigenvalue weighted by Gasteiger charge is -2.65. The van der Waals surface area contributed by atoms with Gasteiger partial charge in [0.15, 0.2) is 8.32 Å². The van der Waals surface area contributed by atoms with E-state index in [1.165, 1.54) is 25.0 Å². The second-order valence-electron chi connectivity index (χ2n) is 15.6. The quantitative estimate of drug-likeness (QED) is 0.266. The fourth-order valence-corrected chi connectivity index (χ4v) is 9.53. The SMILES string of the molecule is CC(C)(O[Si](C)(C)C(C)(C)C)C1CCC2(C)C(CCC3(C)C2CC/C(=N\OCc2ccccc2)C3(C)C)O1. The van der Waals surface area contributed by atoms with Crippen LogP contribution in [0.1, 0.15) is 106 Å². The molecule has 4 rings (SSSR count). The fraction of sp³-hybridized carbons (Fsp3) is 0.788. The van der Waals surface area contributed by atoms with Gasteiger partial charge >= 0.3 is 0 Å². The van der Waals surface area contributed by atoms with Crippen LogP contribution in [0.2, 0.25) is 18.1 Å². The minimum absolute atomic E-state index is 0.0118. The lowest BCUT2D eigenvalue weighted by atomic mass is 9.41. The summed E-state index contributed by atoms with van der Waals surface area (Å²) < 4.78 is 14.0. The first-order valence-corrected chi connectivity index (χ1v) is 17.9. The van der Waals surface area contributed by atoms with E-state index >= 15 is 0 Å². The van der Waals surface area contributed by atoms with E-state index in [4.69, 9.17) is 19.2 Å². The molecular weight excluding hydrogens is 486 g/mol. The minimum atomic E-state index is -1.89. The summed E-state index contributed by atoms with van der Waals surface area (Å²) in [5.41, 5.74) is 2.47. The maximum absolute atomic E-state index is 7.06. The first-order valence-electron chi connectivity index (χ1n) is 15.0. The molecule has 0 aromatic heterocycles. The predicted octanol–water partition coefficient (Wildman–Crippen LogP) is 9.15. The van der Waals surface area contributed by atoms with Gasteiger partial charge in [-0.1, -0.05) is 84.0 Å². The molecule has 2 aliphatic carbocycles. The van der Waals surface area contributed by atoms with Gasteiger partial charge in [0.1, 0.15) is 6.61 Å². The van der Waals surface area contributed by atoms with Crippen molar-refractivity contribution in [2.75, 3.05) is 0 Å². The average molecular weight is 542 g/mol. The standard InChI is InChI=1S/C33H55NO3Si/c1-29(2,3)38(10,11)37-31(6,7)27-19-21-32(8)25-17-18-26(34-35-23-24-15-13-12-14-16-24)30(4,5)33(25,9)22-20-28(32)36-27/h12-16,25,27-28H,17-23H2,1-11H3/b34-26+. The van der Waals surface area contributed by atoms with E-state index in [0.29, 0.717) is 18.6 Å². The molecular formula is C33H55NO3Si. The number of ether oxygens (including phenoxy) is 1. The molecule has 2 saturated carbocycles. The highest BCUT2D eigenvalue weighted by atomic mass is 28.4. The lowest BCUT2D eigenvalue weighted by molar-refractivity contribution is -0.236. The molecule has 0 amide bonds.